The minimum absolute atomic E-state index is 0.00787. The highest BCUT2D eigenvalue weighted by Crippen LogP contribution is 2.35. The molecule has 3 aromatic rings. The van der Waals surface area contributed by atoms with E-state index in [2.05, 4.69) is 4.98 Å². The van der Waals surface area contributed by atoms with Crippen LogP contribution in [0.25, 0.3) is 16.9 Å². The van der Waals surface area contributed by atoms with Gasteiger partial charge in [0.25, 0.3) is 0 Å². The van der Waals surface area contributed by atoms with Crippen LogP contribution in [0.4, 0.5) is 10.1 Å². The quantitative estimate of drug-likeness (QED) is 0.708. The lowest BCUT2D eigenvalue weighted by molar-refractivity contribution is 0.401. The Labute approximate surface area is 151 Å². The number of methoxy groups -OCH3 is 1. The van der Waals surface area contributed by atoms with Crippen LogP contribution in [0.5, 0.6) is 5.75 Å². The van der Waals surface area contributed by atoms with E-state index in [0.717, 1.165) is 0 Å². The van der Waals surface area contributed by atoms with E-state index in [1.165, 1.54) is 36.0 Å². The number of anilines is 1. The molecule has 0 saturated carbocycles. The number of pyridine rings is 1. The maximum Gasteiger partial charge on any atom is 0.188 e. The van der Waals surface area contributed by atoms with Crippen LogP contribution in [0.15, 0.2) is 41.6 Å². The SMILES string of the molecule is COc1cc2ncc(-c3cccc(N)c3F)n2cc1S(=O)(=O)C(C)(C)C. The zero-order valence-electron chi connectivity index (χ0n) is 14.9. The second-order valence-corrected chi connectivity index (χ2v) is 9.57. The topological polar surface area (TPSA) is 86.7 Å². The van der Waals surface area contributed by atoms with Crippen LogP contribution >= 0.6 is 0 Å². The molecule has 0 spiro atoms. The summed E-state index contributed by atoms with van der Waals surface area (Å²) in [5, 5.41) is 0. The molecule has 0 fully saturated rings. The summed E-state index contributed by atoms with van der Waals surface area (Å²) in [5.41, 5.74) is 6.74. The summed E-state index contributed by atoms with van der Waals surface area (Å²) in [6.07, 6.45) is 2.89. The molecule has 6 nitrogen and oxygen atoms in total. The van der Waals surface area contributed by atoms with Crippen molar-refractivity contribution in [3.8, 4) is 17.0 Å². The first kappa shape index (κ1) is 18.2. The molecular weight excluding hydrogens is 357 g/mol. The Hall–Kier alpha value is -2.61. The number of rotatable bonds is 3. The monoisotopic (exact) mass is 377 g/mol. The summed E-state index contributed by atoms with van der Waals surface area (Å²) in [6, 6.07) is 6.17. The zero-order valence-corrected chi connectivity index (χ0v) is 15.8. The molecule has 138 valence electrons. The van der Waals surface area contributed by atoms with Crippen LogP contribution in [-0.2, 0) is 9.84 Å². The second-order valence-electron chi connectivity index (χ2n) is 6.90. The van der Waals surface area contributed by atoms with E-state index >= 15 is 0 Å². The lowest BCUT2D eigenvalue weighted by atomic mass is 10.1. The first-order valence-electron chi connectivity index (χ1n) is 7.92. The van der Waals surface area contributed by atoms with Crippen molar-refractivity contribution in [2.45, 2.75) is 30.4 Å². The van der Waals surface area contributed by atoms with Gasteiger partial charge in [-0.3, -0.25) is 4.40 Å². The van der Waals surface area contributed by atoms with Gasteiger partial charge in [-0.1, -0.05) is 6.07 Å². The van der Waals surface area contributed by atoms with Gasteiger partial charge in [-0.15, -0.1) is 0 Å². The minimum atomic E-state index is -3.70. The number of fused-ring (bicyclic) bond motifs is 1. The first-order valence-corrected chi connectivity index (χ1v) is 9.40. The van der Waals surface area contributed by atoms with Crippen molar-refractivity contribution in [1.29, 1.82) is 0 Å². The van der Waals surface area contributed by atoms with E-state index in [4.69, 9.17) is 10.5 Å². The fourth-order valence-electron chi connectivity index (χ4n) is 2.63. The Morgan fingerprint density at radius 2 is 1.96 bits per heavy atom. The van der Waals surface area contributed by atoms with Crippen LogP contribution in [0, 0.1) is 5.82 Å². The van der Waals surface area contributed by atoms with Crippen molar-refractivity contribution >= 4 is 21.2 Å². The molecule has 0 aliphatic rings. The number of nitrogens with zero attached hydrogens (tertiary/aromatic N) is 2. The third kappa shape index (κ3) is 2.70. The normalized spacial score (nSPS) is 12.5. The minimum Gasteiger partial charge on any atom is -0.495 e. The van der Waals surface area contributed by atoms with E-state index in [-0.39, 0.29) is 21.9 Å². The Bertz CT molecular complexity index is 1100. The first-order chi connectivity index (χ1) is 12.1. The maximum absolute atomic E-state index is 14.5. The number of sulfone groups is 1. The fraction of sp³-hybridized carbons (Fsp3) is 0.278. The largest absolute Gasteiger partial charge is 0.495 e. The average molecular weight is 377 g/mol. The number of nitrogens with two attached hydrogens (primary N) is 1. The lowest BCUT2D eigenvalue weighted by Crippen LogP contribution is -2.28. The summed E-state index contributed by atoms with van der Waals surface area (Å²) in [6.45, 7) is 4.83. The van der Waals surface area contributed by atoms with Gasteiger partial charge in [-0.25, -0.2) is 17.8 Å². The van der Waals surface area contributed by atoms with Gasteiger partial charge in [0.15, 0.2) is 15.7 Å². The number of nitrogen functional groups attached to an aromatic ring is 1. The molecule has 8 heteroatoms. The molecule has 2 heterocycles. The van der Waals surface area contributed by atoms with Gasteiger partial charge in [0.05, 0.1) is 29.4 Å². The van der Waals surface area contributed by atoms with Crippen molar-refractivity contribution in [2.75, 3.05) is 12.8 Å². The number of hydrogen-bond donors (Lipinski definition) is 1. The predicted molar refractivity (Wildman–Crippen MR) is 98.5 cm³/mol. The van der Waals surface area contributed by atoms with Crippen molar-refractivity contribution < 1.29 is 17.5 Å². The molecule has 0 atom stereocenters. The van der Waals surface area contributed by atoms with Crippen molar-refractivity contribution in [2.24, 2.45) is 0 Å². The van der Waals surface area contributed by atoms with E-state index in [0.29, 0.717) is 11.3 Å². The van der Waals surface area contributed by atoms with Gasteiger partial charge in [-0.2, -0.15) is 0 Å². The van der Waals surface area contributed by atoms with Crippen LogP contribution < -0.4 is 10.5 Å². The summed E-state index contributed by atoms with van der Waals surface area (Å²) < 4.78 is 46.1. The summed E-state index contributed by atoms with van der Waals surface area (Å²) in [4.78, 5) is 4.26. The summed E-state index contributed by atoms with van der Waals surface area (Å²) in [5.74, 6) is -0.386. The maximum atomic E-state index is 14.5. The summed E-state index contributed by atoms with van der Waals surface area (Å²) in [7, 11) is -2.30. The summed E-state index contributed by atoms with van der Waals surface area (Å²) >= 11 is 0. The van der Waals surface area contributed by atoms with E-state index < -0.39 is 20.4 Å². The molecule has 0 bridgehead atoms. The number of hydrogen-bond acceptors (Lipinski definition) is 5. The molecule has 1 aromatic carbocycles. The number of benzene rings is 1. The van der Waals surface area contributed by atoms with Crippen molar-refractivity contribution in [3.05, 3.63) is 42.5 Å². The average Bonchev–Trinajstić information content (AvgIpc) is 2.97. The smallest absolute Gasteiger partial charge is 0.188 e. The Morgan fingerprint density at radius 3 is 2.58 bits per heavy atom. The molecule has 26 heavy (non-hydrogen) atoms. The highest BCUT2D eigenvalue weighted by Gasteiger charge is 2.34. The molecule has 0 amide bonds. The van der Waals surface area contributed by atoms with Crippen LogP contribution in [0.1, 0.15) is 20.8 Å². The molecule has 2 aromatic heterocycles. The number of halogens is 1. The zero-order chi connectivity index (χ0) is 19.3. The lowest BCUT2D eigenvalue weighted by Gasteiger charge is -2.21. The molecule has 3 rings (SSSR count). The van der Waals surface area contributed by atoms with Gasteiger partial charge in [-0.05, 0) is 32.9 Å². The Morgan fingerprint density at radius 1 is 1.27 bits per heavy atom. The van der Waals surface area contributed by atoms with Gasteiger partial charge in [0.1, 0.15) is 16.3 Å². The standard InChI is InChI=1S/C18H20FN3O3S/c1-18(2,3)26(23,24)15-10-22-13(9-21-16(22)8-14(15)25-4)11-6-5-7-12(20)17(11)19/h5-10H,20H2,1-4H3. The highest BCUT2D eigenvalue weighted by molar-refractivity contribution is 7.92. The van der Waals surface area contributed by atoms with Gasteiger partial charge >= 0.3 is 0 Å². The molecular formula is C18H20FN3O3S. The molecule has 2 N–H and O–H groups in total. The molecule has 0 aliphatic carbocycles. The number of aromatic nitrogens is 2. The molecule has 0 radical (unpaired) electrons. The van der Waals surface area contributed by atoms with Crippen LogP contribution in [-0.4, -0.2) is 29.7 Å². The van der Waals surface area contributed by atoms with Crippen LogP contribution in [0.3, 0.4) is 0 Å². The number of imidazole rings is 1. The predicted octanol–water partition coefficient (Wildman–Crippen LogP) is 3.30. The third-order valence-electron chi connectivity index (χ3n) is 4.20. The van der Waals surface area contributed by atoms with Crippen molar-refractivity contribution in [3.63, 3.8) is 0 Å². The van der Waals surface area contributed by atoms with E-state index in [1.807, 2.05) is 0 Å². The van der Waals surface area contributed by atoms with Crippen molar-refractivity contribution in [1.82, 2.24) is 9.38 Å². The molecule has 0 unspecified atom stereocenters. The Balaban J connectivity index is 2.35. The third-order valence-corrected chi connectivity index (χ3v) is 6.69. The highest BCUT2D eigenvalue weighted by atomic mass is 32.2. The second kappa shape index (κ2) is 5.98. The van der Waals surface area contributed by atoms with Gasteiger partial charge in [0.2, 0.25) is 0 Å². The van der Waals surface area contributed by atoms with E-state index in [9.17, 15) is 12.8 Å². The Kier molecular flexibility index (Phi) is 4.18. The fourth-order valence-corrected chi connectivity index (χ4v) is 3.94. The number of ether oxygens (including phenoxy) is 1. The molecule has 0 aliphatic heterocycles. The van der Waals surface area contributed by atoms with E-state index in [1.54, 1.807) is 32.9 Å². The van der Waals surface area contributed by atoms with Crippen LogP contribution in [0.2, 0.25) is 0 Å². The van der Waals surface area contributed by atoms with Gasteiger partial charge < -0.3 is 10.5 Å². The van der Waals surface area contributed by atoms with Gasteiger partial charge in [0, 0.05) is 17.8 Å². The molecule has 0 saturated heterocycles.